The SMILES string of the molecule is CC(C)(C)OC(=O)c1cn[nH]c1Cc1cccc(N)c1. The first-order chi connectivity index (χ1) is 9.35. The zero-order valence-corrected chi connectivity index (χ0v) is 11.9. The molecule has 20 heavy (non-hydrogen) atoms. The summed E-state index contributed by atoms with van der Waals surface area (Å²) >= 11 is 0. The number of aromatic amines is 1. The first-order valence-electron chi connectivity index (χ1n) is 6.45. The van der Waals surface area contributed by atoms with Crippen LogP contribution >= 0.6 is 0 Å². The van der Waals surface area contributed by atoms with Crippen molar-refractivity contribution in [1.82, 2.24) is 10.2 Å². The summed E-state index contributed by atoms with van der Waals surface area (Å²) in [5, 5.41) is 6.78. The highest BCUT2D eigenvalue weighted by Gasteiger charge is 2.21. The Morgan fingerprint density at radius 3 is 2.80 bits per heavy atom. The summed E-state index contributed by atoms with van der Waals surface area (Å²) in [6, 6.07) is 7.54. The molecule has 1 aromatic heterocycles. The summed E-state index contributed by atoms with van der Waals surface area (Å²) in [5.41, 5.74) is 8.12. The van der Waals surface area contributed by atoms with Gasteiger partial charge in [0.05, 0.1) is 11.9 Å². The lowest BCUT2D eigenvalue weighted by Gasteiger charge is -2.19. The van der Waals surface area contributed by atoms with Crippen LogP contribution in [-0.4, -0.2) is 21.8 Å². The van der Waals surface area contributed by atoms with Gasteiger partial charge in [0.25, 0.3) is 0 Å². The van der Waals surface area contributed by atoms with Crippen LogP contribution < -0.4 is 5.73 Å². The minimum Gasteiger partial charge on any atom is -0.456 e. The molecule has 1 heterocycles. The molecule has 5 heteroatoms. The molecule has 3 N–H and O–H groups in total. The lowest BCUT2D eigenvalue weighted by atomic mass is 10.1. The maximum absolute atomic E-state index is 12.1. The number of carbonyl (C=O) groups is 1. The molecule has 0 aliphatic carbocycles. The van der Waals surface area contributed by atoms with Gasteiger partial charge in [-0.25, -0.2) is 4.79 Å². The zero-order chi connectivity index (χ0) is 14.8. The second-order valence-corrected chi connectivity index (χ2v) is 5.69. The smallest absolute Gasteiger partial charge is 0.342 e. The Bertz CT molecular complexity index is 612. The number of esters is 1. The van der Waals surface area contributed by atoms with E-state index >= 15 is 0 Å². The number of hydrogen-bond acceptors (Lipinski definition) is 4. The molecule has 2 aromatic rings. The van der Waals surface area contributed by atoms with Crippen molar-refractivity contribution in [1.29, 1.82) is 0 Å². The third-order valence-corrected chi connectivity index (χ3v) is 2.67. The Morgan fingerprint density at radius 1 is 1.40 bits per heavy atom. The number of carbonyl (C=O) groups excluding carboxylic acids is 1. The first-order valence-corrected chi connectivity index (χ1v) is 6.45. The quantitative estimate of drug-likeness (QED) is 0.665. The highest BCUT2D eigenvalue weighted by Crippen LogP contribution is 2.17. The van der Waals surface area contributed by atoms with Gasteiger partial charge in [-0.05, 0) is 38.5 Å². The second kappa shape index (κ2) is 5.36. The van der Waals surface area contributed by atoms with Crippen molar-refractivity contribution in [3.8, 4) is 0 Å². The Morgan fingerprint density at radius 2 is 2.15 bits per heavy atom. The van der Waals surface area contributed by atoms with Crippen molar-refractivity contribution in [2.45, 2.75) is 32.8 Å². The number of ether oxygens (including phenoxy) is 1. The average molecular weight is 273 g/mol. The summed E-state index contributed by atoms with van der Waals surface area (Å²) in [7, 11) is 0. The second-order valence-electron chi connectivity index (χ2n) is 5.69. The lowest BCUT2D eigenvalue weighted by Crippen LogP contribution is -2.24. The van der Waals surface area contributed by atoms with E-state index in [4.69, 9.17) is 10.5 Å². The van der Waals surface area contributed by atoms with E-state index in [0.29, 0.717) is 17.7 Å². The fourth-order valence-electron chi connectivity index (χ4n) is 1.86. The number of nitrogen functional groups attached to an aromatic ring is 1. The van der Waals surface area contributed by atoms with Crippen LogP contribution in [0.25, 0.3) is 0 Å². The van der Waals surface area contributed by atoms with Gasteiger partial charge in [-0.3, -0.25) is 5.10 Å². The van der Waals surface area contributed by atoms with Gasteiger partial charge in [-0.1, -0.05) is 12.1 Å². The Hall–Kier alpha value is -2.30. The fourth-order valence-corrected chi connectivity index (χ4v) is 1.86. The van der Waals surface area contributed by atoms with Crippen molar-refractivity contribution < 1.29 is 9.53 Å². The van der Waals surface area contributed by atoms with E-state index in [1.165, 1.54) is 6.20 Å². The number of aromatic nitrogens is 2. The molecule has 2 rings (SSSR count). The van der Waals surface area contributed by atoms with E-state index in [1.54, 1.807) is 0 Å². The number of nitrogens with one attached hydrogen (secondary N) is 1. The zero-order valence-electron chi connectivity index (χ0n) is 11.9. The van der Waals surface area contributed by atoms with Crippen molar-refractivity contribution in [2.24, 2.45) is 0 Å². The van der Waals surface area contributed by atoms with Crippen LogP contribution in [-0.2, 0) is 11.2 Å². The molecule has 1 aromatic carbocycles. The lowest BCUT2D eigenvalue weighted by molar-refractivity contribution is 0.00686. The molecule has 5 nitrogen and oxygen atoms in total. The van der Waals surface area contributed by atoms with Crippen LogP contribution in [0.15, 0.2) is 30.5 Å². The molecule has 0 amide bonds. The third kappa shape index (κ3) is 3.60. The highest BCUT2D eigenvalue weighted by atomic mass is 16.6. The van der Waals surface area contributed by atoms with Crippen LogP contribution in [0.4, 0.5) is 5.69 Å². The van der Waals surface area contributed by atoms with Crippen molar-refractivity contribution in [3.05, 3.63) is 47.3 Å². The van der Waals surface area contributed by atoms with Crippen LogP contribution in [0.5, 0.6) is 0 Å². The van der Waals surface area contributed by atoms with Crippen LogP contribution in [0.2, 0.25) is 0 Å². The van der Waals surface area contributed by atoms with Gasteiger partial charge in [0, 0.05) is 12.1 Å². The number of anilines is 1. The van der Waals surface area contributed by atoms with Gasteiger partial charge in [0.1, 0.15) is 11.2 Å². The van der Waals surface area contributed by atoms with Gasteiger partial charge >= 0.3 is 5.97 Å². The Labute approximate surface area is 118 Å². The van der Waals surface area contributed by atoms with Gasteiger partial charge < -0.3 is 10.5 Å². The van der Waals surface area contributed by atoms with Gasteiger partial charge in [0.15, 0.2) is 0 Å². The molecule has 0 spiro atoms. The molecule has 0 bridgehead atoms. The van der Waals surface area contributed by atoms with Crippen molar-refractivity contribution in [2.75, 3.05) is 5.73 Å². The van der Waals surface area contributed by atoms with E-state index in [1.807, 2.05) is 45.0 Å². The molecule has 0 atom stereocenters. The molecular weight excluding hydrogens is 254 g/mol. The molecule has 0 saturated carbocycles. The van der Waals surface area contributed by atoms with Gasteiger partial charge in [0.2, 0.25) is 0 Å². The number of nitrogens with two attached hydrogens (primary N) is 1. The van der Waals surface area contributed by atoms with E-state index < -0.39 is 5.60 Å². The minimum atomic E-state index is -0.525. The van der Waals surface area contributed by atoms with Crippen LogP contribution in [0.3, 0.4) is 0 Å². The van der Waals surface area contributed by atoms with Crippen LogP contribution in [0, 0.1) is 0 Å². The molecule has 0 unspecified atom stereocenters. The summed E-state index contributed by atoms with van der Waals surface area (Å²) in [6.07, 6.45) is 2.05. The maximum atomic E-state index is 12.1. The van der Waals surface area contributed by atoms with E-state index in [0.717, 1.165) is 11.3 Å². The predicted molar refractivity (Wildman–Crippen MR) is 77.4 cm³/mol. The topological polar surface area (TPSA) is 81.0 Å². The maximum Gasteiger partial charge on any atom is 0.342 e. The van der Waals surface area contributed by atoms with Crippen molar-refractivity contribution in [3.63, 3.8) is 0 Å². The number of hydrogen-bond donors (Lipinski definition) is 2. The predicted octanol–water partition coefficient (Wildman–Crippen LogP) is 2.54. The van der Waals surface area contributed by atoms with E-state index in [2.05, 4.69) is 10.2 Å². The number of nitrogens with zero attached hydrogens (tertiary/aromatic N) is 1. The molecule has 0 fully saturated rings. The summed E-state index contributed by atoms with van der Waals surface area (Å²) in [6.45, 7) is 5.51. The van der Waals surface area contributed by atoms with Crippen molar-refractivity contribution >= 4 is 11.7 Å². The third-order valence-electron chi connectivity index (χ3n) is 2.67. The minimum absolute atomic E-state index is 0.370. The first kappa shape index (κ1) is 14.1. The molecule has 0 radical (unpaired) electrons. The largest absolute Gasteiger partial charge is 0.456 e. The number of rotatable bonds is 3. The van der Waals surface area contributed by atoms with Crippen LogP contribution in [0.1, 0.15) is 42.4 Å². The molecule has 0 aliphatic heterocycles. The molecule has 106 valence electrons. The van der Waals surface area contributed by atoms with Gasteiger partial charge in [-0.15, -0.1) is 0 Å². The molecular formula is C15H19N3O2. The summed E-state index contributed by atoms with van der Waals surface area (Å²) < 4.78 is 5.36. The molecule has 0 saturated heterocycles. The standard InChI is InChI=1S/C15H19N3O2/c1-15(2,3)20-14(19)12-9-17-18-13(12)8-10-5-4-6-11(16)7-10/h4-7,9H,8,16H2,1-3H3,(H,17,18). The molecule has 0 aliphatic rings. The summed E-state index contributed by atoms with van der Waals surface area (Å²) in [4.78, 5) is 12.1. The highest BCUT2D eigenvalue weighted by molar-refractivity contribution is 5.90. The fraction of sp³-hybridized carbons (Fsp3) is 0.333. The Kier molecular flexibility index (Phi) is 3.79. The number of H-pyrrole nitrogens is 1. The summed E-state index contributed by atoms with van der Waals surface area (Å²) in [5.74, 6) is -0.370. The average Bonchev–Trinajstić information content (AvgIpc) is 2.75. The Balaban J connectivity index is 2.19. The van der Waals surface area contributed by atoms with E-state index in [-0.39, 0.29) is 5.97 Å². The monoisotopic (exact) mass is 273 g/mol. The van der Waals surface area contributed by atoms with Gasteiger partial charge in [-0.2, -0.15) is 5.10 Å². The normalized spacial score (nSPS) is 11.3. The van der Waals surface area contributed by atoms with E-state index in [9.17, 15) is 4.79 Å². The number of benzene rings is 1.